The van der Waals surface area contributed by atoms with E-state index >= 15 is 0 Å². The highest BCUT2D eigenvalue weighted by Gasteiger charge is 2.13. The molecule has 0 radical (unpaired) electrons. The van der Waals surface area contributed by atoms with Gasteiger partial charge in [0.1, 0.15) is 0 Å². The summed E-state index contributed by atoms with van der Waals surface area (Å²) in [5, 5.41) is 10.5. The number of hydrogen-bond donors (Lipinski definition) is 3. The summed E-state index contributed by atoms with van der Waals surface area (Å²) in [5.41, 5.74) is 2.67. The predicted molar refractivity (Wildman–Crippen MR) is 135 cm³/mol. The fraction of sp³-hybridized carbons (Fsp3) is 0.524. The molecule has 10 heteroatoms. The maximum absolute atomic E-state index is 12.0. The van der Waals surface area contributed by atoms with E-state index in [1.54, 1.807) is 13.8 Å². The first-order valence-corrected chi connectivity index (χ1v) is 11.9. The molecule has 0 spiro atoms. The minimum Gasteiger partial charge on any atom is -0.359 e. The molecule has 0 amide bonds. The van der Waals surface area contributed by atoms with Gasteiger partial charge >= 0.3 is 0 Å². The van der Waals surface area contributed by atoms with E-state index in [1.165, 1.54) is 0 Å². The van der Waals surface area contributed by atoms with E-state index in [1.807, 2.05) is 37.3 Å². The number of aliphatic imine (C=N–C) groups is 1. The molecule has 0 aliphatic heterocycles. The zero-order chi connectivity index (χ0) is 22.1. The summed E-state index contributed by atoms with van der Waals surface area (Å²) < 4.78 is 32.0. The van der Waals surface area contributed by atoms with Crippen LogP contribution >= 0.6 is 24.0 Å². The Balaban J connectivity index is 0.00000480. The third kappa shape index (κ3) is 10.0. The van der Waals surface area contributed by atoms with Crippen LogP contribution in [0.5, 0.6) is 0 Å². The van der Waals surface area contributed by atoms with Crippen molar-refractivity contribution in [2.45, 2.75) is 65.4 Å². The van der Waals surface area contributed by atoms with Gasteiger partial charge in [-0.05, 0) is 37.8 Å². The number of rotatable bonds is 10. The van der Waals surface area contributed by atoms with Gasteiger partial charge in [-0.1, -0.05) is 43.3 Å². The molecule has 0 aliphatic carbocycles. The van der Waals surface area contributed by atoms with Crippen LogP contribution in [0.4, 0.5) is 0 Å². The zero-order valence-electron chi connectivity index (χ0n) is 18.8. The lowest BCUT2D eigenvalue weighted by Gasteiger charge is -2.11. The summed E-state index contributed by atoms with van der Waals surface area (Å²) >= 11 is 0. The van der Waals surface area contributed by atoms with Crippen LogP contribution in [-0.4, -0.2) is 32.1 Å². The van der Waals surface area contributed by atoms with E-state index in [4.69, 9.17) is 4.52 Å². The largest absolute Gasteiger partial charge is 0.359 e. The van der Waals surface area contributed by atoms with Crippen LogP contribution in [0.3, 0.4) is 0 Å². The van der Waals surface area contributed by atoms with Crippen LogP contribution in [0.2, 0.25) is 0 Å². The number of hydrogen-bond acceptors (Lipinski definition) is 5. The summed E-state index contributed by atoms with van der Waals surface area (Å²) in [6.07, 6.45) is 0. The fourth-order valence-electron chi connectivity index (χ4n) is 2.73. The summed E-state index contributed by atoms with van der Waals surface area (Å²) in [6.45, 7) is 11.5. The van der Waals surface area contributed by atoms with Crippen molar-refractivity contribution < 1.29 is 12.9 Å². The molecule has 1 aromatic heterocycles. The van der Waals surface area contributed by atoms with Crippen molar-refractivity contribution >= 4 is 40.0 Å². The Labute approximate surface area is 202 Å². The zero-order valence-corrected chi connectivity index (χ0v) is 22.0. The van der Waals surface area contributed by atoms with Crippen LogP contribution in [0.25, 0.3) is 0 Å². The van der Waals surface area contributed by atoms with Crippen LogP contribution in [0, 0.1) is 0 Å². The first-order chi connectivity index (χ1) is 14.2. The van der Waals surface area contributed by atoms with Crippen LogP contribution in [0.1, 0.15) is 63.1 Å². The molecular weight excluding hydrogens is 529 g/mol. The lowest BCUT2D eigenvalue weighted by atomic mass is 10.1. The molecule has 0 fully saturated rings. The molecule has 3 N–H and O–H groups in total. The van der Waals surface area contributed by atoms with E-state index in [0.29, 0.717) is 25.0 Å². The Bertz CT molecular complexity index is 925. The standard InChI is InChI=1S/C21H33N5O3S.HI/c1-6-22-21(24-13-19-11-20(15(2)3)25-29-19)23-12-17-7-9-18(10-8-17)14-30(27,28)26-16(4)5;/h7-11,15-16,26H,6,12-14H2,1-5H3,(H2,22,23,24);1H. The van der Waals surface area contributed by atoms with Gasteiger partial charge in [0.2, 0.25) is 10.0 Å². The number of sulfonamides is 1. The van der Waals surface area contributed by atoms with Crippen molar-refractivity contribution in [3.05, 3.63) is 52.9 Å². The van der Waals surface area contributed by atoms with E-state index in [-0.39, 0.29) is 35.8 Å². The van der Waals surface area contributed by atoms with Crippen LogP contribution in [0.15, 0.2) is 39.8 Å². The first kappa shape index (κ1) is 27.4. The van der Waals surface area contributed by atoms with Crippen LogP contribution in [-0.2, 0) is 28.9 Å². The van der Waals surface area contributed by atoms with Gasteiger partial charge in [0.25, 0.3) is 0 Å². The SMILES string of the molecule is CCNC(=NCc1ccc(CS(=O)(=O)NC(C)C)cc1)NCc1cc(C(C)C)no1.I. The van der Waals surface area contributed by atoms with E-state index in [9.17, 15) is 8.42 Å². The van der Waals surface area contributed by atoms with Crippen molar-refractivity contribution in [2.75, 3.05) is 6.54 Å². The molecular formula is C21H34IN5O3S. The Morgan fingerprint density at radius 3 is 2.29 bits per heavy atom. The van der Waals surface area contributed by atoms with Crippen LogP contribution < -0.4 is 15.4 Å². The van der Waals surface area contributed by atoms with Gasteiger partial charge in [0.05, 0.1) is 24.5 Å². The van der Waals surface area contributed by atoms with Gasteiger partial charge in [-0.25, -0.2) is 18.1 Å². The van der Waals surface area contributed by atoms with E-state index in [0.717, 1.165) is 29.1 Å². The summed E-state index contributed by atoms with van der Waals surface area (Å²) in [4.78, 5) is 4.59. The Hall–Kier alpha value is -1.66. The number of guanidine groups is 1. The predicted octanol–water partition coefficient (Wildman–Crippen LogP) is 3.50. The second-order valence-electron chi connectivity index (χ2n) is 7.77. The van der Waals surface area contributed by atoms with Crippen molar-refractivity contribution in [1.29, 1.82) is 0 Å². The average Bonchev–Trinajstić information content (AvgIpc) is 3.13. The van der Waals surface area contributed by atoms with Gasteiger partial charge in [-0.3, -0.25) is 0 Å². The third-order valence-corrected chi connectivity index (χ3v) is 5.70. The van der Waals surface area contributed by atoms with Gasteiger partial charge in [-0.2, -0.15) is 0 Å². The maximum atomic E-state index is 12.0. The summed E-state index contributed by atoms with van der Waals surface area (Å²) in [6, 6.07) is 9.29. The maximum Gasteiger partial charge on any atom is 0.216 e. The molecule has 0 saturated carbocycles. The molecule has 1 aromatic carbocycles. The Morgan fingerprint density at radius 1 is 1.10 bits per heavy atom. The Kier molecular flexibility index (Phi) is 11.5. The van der Waals surface area contributed by atoms with Gasteiger partial charge in [0.15, 0.2) is 11.7 Å². The highest BCUT2D eigenvalue weighted by Crippen LogP contribution is 2.14. The minimum atomic E-state index is -3.33. The monoisotopic (exact) mass is 563 g/mol. The van der Waals surface area contributed by atoms with Crippen molar-refractivity contribution in [3.63, 3.8) is 0 Å². The molecule has 2 rings (SSSR count). The smallest absolute Gasteiger partial charge is 0.216 e. The first-order valence-electron chi connectivity index (χ1n) is 10.2. The molecule has 174 valence electrons. The highest BCUT2D eigenvalue weighted by molar-refractivity contribution is 14.0. The second-order valence-corrected chi connectivity index (χ2v) is 9.52. The minimum absolute atomic E-state index is 0. The average molecular weight is 564 g/mol. The van der Waals surface area contributed by atoms with Gasteiger partial charge in [0, 0.05) is 18.7 Å². The third-order valence-electron chi connectivity index (χ3n) is 4.16. The number of benzene rings is 1. The molecule has 1 heterocycles. The lowest BCUT2D eigenvalue weighted by molar-refractivity contribution is 0.372. The van der Waals surface area contributed by atoms with Gasteiger partial charge < -0.3 is 15.2 Å². The molecule has 0 atom stereocenters. The summed E-state index contributed by atoms with van der Waals surface area (Å²) in [5.74, 6) is 1.72. The van der Waals surface area contributed by atoms with Crippen molar-refractivity contribution in [3.8, 4) is 0 Å². The normalized spacial score (nSPS) is 12.2. The molecule has 8 nitrogen and oxygen atoms in total. The summed E-state index contributed by atoms with van der Waals surface area (Å²) in [7, 11) is -3.33. The number of aromatic nitrogens is 1. The number of halogens is 1. The fourth-order valence-corrected chi connectivity index (χ4v) is 4.16. The van der Waals surface area contributed by atoms with E-state index < -0.39 is 10.0 Å². The molecule has 0 aliphatic rings. The molecule has 0 saturated heterocycles. The Morgan fingerprint density at radius 2 is 1.74 bits per heavy atom. The number of nitrogens with zero attached hydrogens (tertiary/aromatic N) is 2. The molecule has 0 unspecified atom stereocenters. The second kappa shape index (κ2) is 13.0. The highest BCUT2D eigenvalue weighted by atomic mass is 127. The molecule has 31 heavy (non-hydrogen) atoms. The lowest BCUT2D eigenvalue weighted by Crippen LogP contribution is -2.36. The quantitative estimate of drug-likeness (QED) is 0.232. The topological polar surface area (TPSA) is 109 Å². The molecule has 2 aromatic rings. The van der Waals surface area contributed by atoms with E-state index in [2.05, 4.69) is 39.4 Å². The molecule has 0 bridgehead atoms. The number of nitrogens with one attached hydrogen (secondary N) is 3. The van der Waals surface area contributed by atoms with Gasteiger partial charge in [-0.15, -0.1) is 24.0 Å². The van der Waals surface area contributed by atoms with Crippen molar-refractivity contribution in [2.24, 2.45) is 4.99 Å². The van der Waals surface area contributed by atoms with Crippen molar-refractivity contribution in [1.82, 2.24) is 20.5 Å².